The molecule has 1 unspecified atom stereocenters. The first kappa shape index (κ1) is 13.5. The Balaban J connectivity index is 2.84. The predicted molar refractivity (Wildman–Crippen MR) is 62.8 cm³/mol. The van der Waals surface area contributed by atoms with E-state index in [0.29, 0.717) is 17.7 Å². The number of hydrogen-bond acceptors (Lipinski definition) is 4. The fourth-order valence-electron chi connectivity index (χ4n) is 1.54. The molecule has 0 aliphatic rings. The molecule has 0 aliphatic carbocycles. The van der Waals surface area contributed by atoms with Gasteiger partial charge in [-0.3, -0.25) is 0 Å². The maximum atomic E-state index is 10.5. The van der Waals surface area contributed by atoms with Crippen LogP contribution >= 0.6 is 0 Å². The summed E-state index contributed by atoms with van der Waals surface area (Å²) in [4.78, 5) is 12.4. The molecule has 5 nitrogen and oxygen atoms in total. The summed E-state index contributed by atoms with van der Waals surface area (Å²) in [5.41, 5.74) is 1.40. The molecule has 0 amide bonds. The van der Waals surface area contributed by atoms with Gasteiger partial charge in [0.1, 0.15) is 5.75 Å². The number of rotatable bonds is 5. The van der Waals surface area contributed by atoms with E-state index in [1.54, 1.807) is 12.1 Å². The highest BCUT2D eigenvalue weighted by Crippen LogP contribution is 2.20. The molecule has 0 aliphatic heterocycles. The average molecular weight is 239 g/mol. The molecular weight excluding hydrogens is 222 g/mol. The largest absolute Gasteiger partial charge is 0.508 e. The second-order valence-corrected chi connectivity index (χ2v) is 4.26. The summed E-state index contributed by atoms with van der Waals surface area (Å²) in [6, 6.07) is 4.84. The van der Waals surface area contributed by atoms with Gasteiger partial charge in [0.25, 0.3) is 0 Å². The summed E-state index contributed by atoms with van der Waals surface area (Å²) < 4.78 is 0. The van der Waals surface area contributed by atoms with Crippen molar-refractivity contribution in [3.05, 3.63) is 29.3 Å². The minimum Gasteiger partial charge on any atom is -0.508 e. The fourth-order valence-corrected chi connectivity index (χ4v) is 1.54. The number of nitrogens with zero attached hydrogens (tertiary/aromatic N) is 1. The smallest absolute Gasteiger partial charge is 0.332 e. The molecule has 94 valence electrons. The molecule has 0 fully saturated rings. The first-order valence-corrected chi connectivity index (χ1v) is 5.26. The van der Waals surface area contributed by atoms with Crippen LogP contribution in [0.1, 0.15) is 11.1 Å². The number of phenolic OH excluding ortho intramolecular Hbond substituents is 1. The summed E-state index contributed by atoms with van der Waals surface area (Å²) in [6.45, 7) is 0.558. The van der Waals surface area contributed by atoms with Gasteiger partial charge in [-0.1, -0.05) is 12.1 Å². The number of aromatic hydroxyl groups is 1. The van der Waals surface area contributed by atoms with Crippen LogP contribution in [0.2, 0.25) is 0 Å². The van der Waals surface area contributed by atoms with Crippen LogP contribution < -0.4 is 0 Å². The molecule has 3 N–H and O–H groups in total. The van der Waals surface area contributed by atoms with Gasteiger partial charge in [-0.25, -0.2) is 4.79 Å². The highest BCUT2D eigenvalue weighted by atomic mass is 16.4. The summed E-state index contributed by atoms with van der Waals surface area (Å²) in [5.74, 6) is -1.07. The molecular formula is C12H17NO4. The highest BCUT2D eigenvalue weighted by molar-refractivity contribution is 5.72. The molecule has 0 bridgehead atoms. The van der Waals surface area contributed by atoms with Crippen molar-refractivity contribution < 1.29 is 20.1 Å². The van der Waals surface area contributed by atoms with Crippen molar-refractivity contribution in [2.24, 2.45) is 0 Å². The third-order valence-electron chi connectivity index (χ3n) is 2.34. The summed E-state index contributed by atoms with van der Waals surface area (Å²) in [7, 11) is 3.75. The van der Waals surface area contributed by atoms with E-state index in [0.717, 1.165) is 0 Å². The van der Waals surface area contributed by atoms with Crippen LogP contribution in [-0.2, 0) is 17.8 Å². The minimum atomic E-state index is -1.41. The predicted octanol–water partition coefficient (Wildman–Crippen LogP) is 0.442. The average Bonchev–Trinajstić information content (AvgIpc) is 2.22. The number of aliphatic hydroxyl groups excluding tert-OH is 1. The first-order chi connectivity index (χ1) is 7.90. The molecule has 0 spiro atoms. The van der Waals surface area contributed by atoms with Gasteiger partial charge in [0, 0.05) is 18.5 Å². The van der Waals surface area contributed by atoms with E-state index in [1.807, 2.05) is 19.0 Å². The van der Waals surface area contributed by atoms with E-state index in [1.165, 1.54) is 6.07 Å². The lowest BCUT2D eigenvalue weighted by molar-refractivity contribution is -0.146. The third kappa shape index (κ3) is 4.05. The molecule has 0 saturated heterocycles. The van der Waals surface area contributed by atoms with Crippen molar-refractivity contribution in [1.82, 2.24) is 4.90 Å². The SMILES string of the molecule is CN(C)Cc1cc(CC(O)C(=O)O)ccc1O. The first-order valence-electron chi connectivity index (χ1n) is 5.26. The molecule has 5 heteroatoms. The zero-order valence-corrected chi connectivity index (χ0v) is 9.92. The highest BCUT2D eigenvalue weighted by Gasteiger charge is 2.14. The summed E-state index contributed by atoms with van der Waals surface area (Å²) >= 11 is 0. The van der Waals surface area contributed by atoms with E-state index >= 15 is 0 Å². The van der Waals surface area contributed by atoms with Gasteiger partial charge in [0.15, 0.2) is 6.10 Å². The van der Waals surface area contributed by atoms with Gasteiger partial charge >= 0.3 is 5.97 Å². The van der Waals surface area contributed by atoms with Crippen LogP contribution in [0, 0.1) is 0 Å². The Kier molecular flexibility index (Phi) is 4.48. The maximum absolute atomic E-state index is 10.5. The molecule has 17 heavy (non-hydrogen) atoms. The Morgan fingerprint density at radius 2 is 2.06 bits per heavy atom. The van der Waals surface area contributed by atoms with E-state index in [-0.39, 0.29) is 12.2 Å². The number of carboxylic acids is 1. The van der Waals surface area contributed by atoms with Crippen LogP contribution in [-0.4, -0.2) is 46.4 Å². The number of phenols is 1. The standard InChI is InChI=1S/C12H17NO4/c1-13(2)7-9-5-8(3-4-10(9)14)6-11(15)12(16)17/h3-5,11,14-15H,6-7H2,1-2H3,(H,16,17). The summed E-state index contributed by atoms with van der Waals surface area (Å²) in [6.07, 6.45) is -1.37. The lowest BCUT2D eigenvalue weighted by atomic mass is 10.0. The molecule has 0 saturated carbocycles. The summed E-state index contributed by atoms with van der Waals surface area (Å²) in [5, 5.41) is 27.5. The zero-order valence-electron chi connectivity index (χ0n) is 9.92. The normalized spacial score (nSPS) is 12.7. The minimum absolute atomic E-state index is 0.0377. The maximum Gasteiger partial charge on any atom is 0.332 e. The molecule has 0 aromatic heterocycles. The molecule has 0 radical (unpaired) electrons. The quantitative estimate of drug-likeness (QED) is 0.694. The molecule has 1 aromatic carbocycles. The van der Waals surface area contributed by atoms with Crippen LogP contribution in [0.25, 0.3) is 0 Å². The zero-order chi connectivity index (χ0) is 13.0. The molecule has 1 aromatic rings. The van der Waals surface area contributed by atoms with Crippen molar-refractivity contribution in [2.75, 3.05) is 14.1 Å². The van der Waals surface area contributed by atoms with E-state index in [9.17, 15) is 15.0 Å². The number of aliphatic carboxylic acids is 1. The van der Waals surface area contributed by atoms with E-state index in [2.05, 4.69) is 0 Å². The number of hydrogen-bond donors (Lipinski definition) is 3. The van der Waals surface area contributed by atoms with Gasteiger partial charge in [-0.2, -0.15) is 0 Å². The second kappa shape index (κ2) is 5.65. The monoisotopic (exact) mass is 239 g/mol. The topological polar surface area (TPSA) is 81.0 Å². The second-order valence-electron chi connectivity index (χ2n) is 4.26. The lowest BCUT2D eigenvalue weighted by Gasteiger charge is -2.13. The van der Waals surface area contributed by atoms with Gasteiger partial charge in [-0.05, 0) is 25.7 Å². The number of carbonyl (C=O) groups is 1. The number of benzene rings is 1. The Morgan fingerprint density at radius 3 is 2.59 bits per heavy atom. The third-order valence-corrected chi connectivity index (χ3v) is 2.34. The van der Waals surface area contributed by atoms with Crippen molar-refractivity contribution in [2.45, 2.75) is 19.1 Å². The van der Waals surface area contributed by atoms with Crippen LogP contribution in [0.15, 0.2) is 18.2 Å². The Morgan fingerprint density at radius 1 is 1.41 bits per heavy atom. The number of carboxylic acid groups (broad SMARTS) is 1. The lowest BCUT2D eigenvalue weighted by Crippen LogP contribution is -2.22. The van der Waals surface area contributed by atoms with Crippen molar-refractivity contribution in [3.63, 3.8) is 0 Å². The van der Waals surface area contributed by atoms with Crippen LogP contribution in [0.5, 0.6) is 5.75 Å². The van der Waals surface area contributed by atoms with Gasteiger partial charge in [0.2, 0.25) is 0 Å². The molecule has 1 rings (SSSR count). The van der Waals surface area contributed by atoms with Crippen molar-refractivity contribution >= 4 is 5.97 Å². The van der Waals surface area contributed by atoms with Crippen LogP contribution in [0.4, 0.5) is 0 Å². The van der Waals surface area contributed by atoms with Crippen molar-refractivity contribution in [3.8, 4) is 5.75 Å². The number of aliphatic hydroxyl groups is 1. The Hall–Kier alpha value is -1.59. The van der Waals surface area contributed by atoms with Crippen molar-refractivity contribution in [1.29, 1.82) is 0 Å². The van der Waals surface area contributed by atoms with Gasteiger partial charge in [0.05, 0.1) is 0 Å². The van der Waals surface area contributed by atoms with E-state index in [4.69, 9.17) is 5.11 Å². The Bertz CT molecular complexity index is 403. The van der Waals surface area contributed by atoms with Gasteiger partial charge < -0.3 is 20.2 Å². The van der Waals surface area contributed by atoms with E-state index < -0.39 is 12.1 Å². The van der Waals surface area contributed by atoms with Crippen LogP contribution in [0.3, 0.4) is 0 Å². The fraction of sp³-hybridized carbons (Fsp3) is 0.417. The van der Waals surface area contributed by atoms with Gasteiger partial charge in [-0.15, -0.1) is 0 Å². The molecule has 1 atom stereocenters. The molecule has 0 heterocycles. The Labute approximate surface area is 99.9 Å².